The predicted octanol–water partition coefficient (Wildman–Crippen LogP) is 3.83. The van der Waals surface area contributed by atoms with Crippen molar-refractivity contribution < 1.29 is 0 Å². The van der Waals surface area contributed by atoms with Gasteiger partial charge in [0, 0.05) is 0 Å². The summed E-state index contributed by atoms with van der Waals surface area (Å²) in [6.45, 7) is 9.74. The van der Waals surface area contributed by atoms with Gasteiger partial charge >= 0.3 is 0 Å². The monoisotopic (exact) mass is 165 g/mol. The van der Waals surface area contributed by atoms with E-state index in [1.807, 2.05) is 19.9 Å². The highest BCUT2D eigenvalue weighted by atomic mass is 14.0. The van der Waals surface area contributed by atoms with Crippen molar-refractivity contribution in [2.45, 2.75) is 20.8 Å². The van der Waals surface area contributed by atoms with Crippen molar-refractivity contribution in [2.24, 2.45) is 0 Å². The minimum Gasteiger partial charge on any atom is -0.344 e. The van der Waals surface area contributed by atoms with Crippen molar-refractivity contribution in [3.8, 4) is 0 Å². The van der Waals surface area contributed by atoms with Crippen molar-refractivity contribution in [1.82, 2.24) is 6.15 Å². The molecule has 3 N–H and O–H groups in total. The van der Waals surface area contributed by atoms with Gasteiger partial charge in [-0.05, 0) is 12.5 Å². The first-order chi connectivity index (χ1) is 5.33. The predicted molar refractivity (Wildman–Crippen MR) is 57.6 cm³/mol. The summed E-state index contributed by atoms with van der Waals surface area (Å²) >= 11 is 0. The Bertz CT molecular complexity index is 199. The molecule has 0 spiro atoms. The zero-order valence-corrected chi connectivity index (χ0v) is 8.30. The molecule has 0 heterocycles. The summed E-state index contributed by atoms with van der Waals surface area (Å²) in [6.07, 6.45) is 1.85. The highest BCUT2D eigenvalue weighted by Gasteiger charge is 1.82. The maximum absolute atomic E-state index is 3.66. The quantitative estimate of drug-likeness (QED) is 0.674. The summed E-state index contributed by atoms with van der Waals surface area (Å²) in [6, 6.07) is 8.28. The van der Waals surface area contributed by atoms with Crippen molar-refractivity contribution in [1.29, 1.82) is 0 Å². The Labute approximate surface area is 75.7 Å². The molecule has 0 amide bonds. The third-order valence-corrected chi connectivity index (χ3v) is 1.31. The van der Waals surface area contributed by atoms with Crippen LogP contribution in [-0.2, 0) is 0 Å². The van der Waals surface area contributed by atoms with Gasteiger partial charge in [0.2, 0.25) is 0 Å². The Morgan fingerprint density at radius 2 is 1.50 bits per heavy atom. The molecule has 1 rings (SSSR count). The highest BCUT2D eigenvalue weighted by Crippen LogP contribution is 2.02. The van der Waals surface area contributed by atoms with Crippen LogP contribution in [0.25, 0.3) is 6.08 Å². The molecule has 0 saturated carbocycles. The Kier molecular flexibility index (Phi) is 9.03. The molecule has 0 atom stereocenters. The SMILES string of the molecule is C=Cc1ccc(C)cc1.CC.N. The second kappa shape index (κ2) is 8.02. The van der Waals surface area contributed by atoms with Crippen molar-refractivity contribution in [3.63, 3.8) is 0 Å². The number of hydrogen-bond acceptors (Lipinski definition) is 1. The van der Waals surface area contributed by atoms with Gasteiger partial charge in [-0.2, -0.15) is 0 Å². The molecule has 1 aromatic carbocycles. The number of aryl methyl sites for hydroxylation is 1. The van der Waals surface area contributed by atoms with Gasteiger partial charge in [-0.3, -0.25) is 0 Å². The van der Waals surface area contributed by atoms with Gasteiger partial charge < -0.3 is 6.15 Å². The largest absolute Gasteiger partial charge is 0.344 e. The Morgan fingerprint density at radius 1 is 1.08 bits per heavy atom. The molecule has 0 aliphatic carbocycles. The minimum absolute atomic E-state index is 0. The van der Waals surface area contributed by atoms with Crippen molar-refractivity contribution >= 4 is 6.08 Å². The van der Waals surface area contributed by atoms with Gasteiger partial charge in [0.1, 0.15) is 0 Å². The molecule has 0 unspecified atom stereocenters. The fraction of sp³-hybridized carbons (Fsp3) is 0.273. The van der Waals surface area contributed by atoms with E-state index in [4.69, 9.17) is 0 Å². The first-order valence-corrected chi connectivity index (χ1v) is 4.02. The molecule has 1 heteroatoms. The lowest BCUT2D eigenvalue weighted by Crippen LogP contribution is -1.71. The fourth-order valence-electron chi connectivity index (χ4n) is 0.703. The van der Waals surface area contributed by atoms with Crippen LogP contribution in [0.15, 0.2) is 30.8 Å². The summed E-state index contributed by atoms with van der Waals surface area (Å²) in [7, 11) is 0. The van der Waals surface area contributed by atoms with Gasteiger partial charge in [-0.25, -0.2) is 0 Å². The van der Waals surface area contributed by atoms with Crippen LogP contribution >= 0.6 is 0 Å². The van der Waals surface area contributed by atoms with E-state index in [-0.39, 0.29) is 6.15 Å². The lowest BCUT2D eigenvalue weighted by Gasteiger charge is -1.91. The van der Waals surface area contributed by atoms with Crippen LogP contribution in [0.3, 0.4) is 0 Å². The summed E-state index contributed by atoms with van der Waals surface area (Å²) < 4.78 is 0. The van der Waals surface area contributed by atoms with Gasteiger partial charge in [-0.15, -0.1) is 0 Å². The van der Waals surface area contributed by atoms with Crippen LogP contribution in [0, 0.1) is 6.92 Å². The summed E-state index contributed by atoms with van der Waals surface area (Å²) in [4.78, 5) is 0. The molecular weight excluding hydrogens is 146 g/mol. The average Bonchev–Trinajstić information content (AvgIpc) is 2.10. The van der Waals surface area contributed by atoms with E-state index < -0.39 is 0 Å². The lowest BCUT2D eigenvalue weighted by atomic mass is 10.2. The van der Waals surface area contributed by atoms with E-state index in [9.17, 15) is 0 Å². The smallest absolute Gasteiger partial charge is 0.0262 e. The third kappa shape index (κ3) is 4.69. The lowest BCUT2D eigenvalue weighted by molar-refractivity contribution is 1.46. The van der Waals surface area contributed by atoms with E-state index >= 15 is 0 Å². The number of benzene rings is 1. The van der Waals surface area contributed by atoms with Crippen LogP contribution in [0.5, 0.6) is 0 Å². The van der Waals surface area contributed by atoms with Crippen LogP contribution in [0.4, 0.5) is 0 Å². The minimum atomic E-state index is 0. The summed E-state index contributed by atoms with van der Waals surface area (Å²) in [5, 5.41) is 0. The first kappa shape index (κ1) is 13.5. The van der Waals surface area contributed by atoms with E-state index in [1.165, 1.54) is 11.1 Å². The molecule has 0 fully saturated rings. The summed E-state index contributed by atoms with van der Waals surface area (Å²) in [5.41, 5.74) is 2.47. The zero-order chi connectivity index (χ0) is 8.69. The second-order valence-corrected chi connectivity index (χ2v) is 2.11. The van der Waals surface area contributed by atoms with Crippen LogP contribution < -0.4 is 6.15 Å². The molecule has 0 radical (unpaired) electrons. The normalized spacial score (nSPS) is 7.25. The van der Waals surface area contributed by atoms with Gasteiger partial charge in [0.15, 0.2) is 0 Å². The molecule has 0 aliphatic rings. The standard InChI is InChI=1S/C9H10.C2H6.H3N/c1-3-9-6-4-8(2)5-7-9;1-2;/h3-7H,1H2,2H3;1-2H3;1H3. The molecule has 1 aromatic rings. The fourth-order valence-corrected chi connectivity index (χ4v) is 0.703. The van der Waals surface area contributed by atoms with Crippen LogP contribution in [-0.4, -0.2) is 0 Å². The van der Waals surface area contributed by atoms with Crippen molar-refractivity contribution in [3.05, 3.63) is 42.0 Å². The molecule has 0 bridgehead atoms. The van der Waals surface area contributed by atoms with E-state index in [0.29, 0.717) is 0 Å². The third-order valence-electron chi connectivity index (χ3n) is 1.31. The van der Waals surface area contributed by atoms with Crippen LogP contribution in [0.1, 0.15) is 25.0 Å². The average molecular weight is 165 g/mol. The Hall–Kier alpha value is -1.08. The highest BCUT2D eigenvalue weighted by molar-refractivity contribution is 5.46. The van der Waals surface area contributed by atoms with Gasteiger partial charge in [0.05, 0.1) is 0 Å². The molecule has 0 aromatic heterocycles. The molecule has 1 nitrogen and oxygen atoms in total. The van der Waals surface area contributed by atoms with Gasteiger partial charge in [-0.1, -0.05) is 56.3 Å². The second-order valence-electron chi connectivity index (χ2n) is 2.11. The van der Waals surface area contributed by atoms with E-state index in [2.05, 4.69) is 37.8 Å². The zero-order valence-electron chi connectivity index (χ0n) is 8.30. The maximum Gasteiger partial charge on any atom is -0.0262 e. The van der Waals surface area contributed by atoms with Gasteiger partial charge in [0.25, 0.3) is 0 Å². The Balaban J connectivity index is 0. The molecule has 68 valence electrons. The topological polar surface area (TPSA) is 35.0 Å². The number of rotatable bonds is 1. The molecular formula is C11H19N. The van der Waals surface area contributed by atoms with E-state index in [1.54, 1.807) is 0 Å². The molecule has 12 heavy (non-hydrogen) atoms. The van der Waals surface area contributed by atoms with E-state index in [0.717, 1.165) is 0 Å². The molecule has 0 saturated heterocycles. The molecule has 0 aliphatic heterocycles. The Morgan fingerprint density at radius 3 is 1.83 bits per heavy atom. The van der Waals surface area contributed by atoms with Crippen molar-refractivity contribution in [2.75, 3.05) is 0 Å². The first-order valence-electron chi connectivity index (χ1n) is 4.02. The van der Waals surface area contributed by atoms with Crippen LogP contribution in [0.2, 0.25) is 0 Å². The number of hydrogen-bond donors (Lipinski definition) is 1. The summed E-state index contributed by atoms with van der Waals surface area (Å²) in [5.74, 6) is 0. The maximum atomic E-state index is 3.66.